The van der Waals surface area contributed by atoms with Crippen molar-refractivity contribution in [3.05, 3.63) is 84.2 Å². The van der Waals surface area contributed by atoms with Crippen molar-refractivity contribution in [2.45, 2.75) is 16.3 Å². The molecule has 0 saturated heterocycles. The van der Waals surface area contributed by atoms with Gasteiger partial charge in [-0.3, -0.25) is 9.78 Å². The molecule has 0 radical (unpaired) electrons. The summed E-state index contributed by atoms with van der Waals surface area (Å²) in [6.45, 7) is 0.336. The molecular formula is C20H18N2O4S. The zero-order valence-electron chi connectivity index (χ0n) is 14.6. The topological polar surface area (TPSA) is 85.4 Å². The zero-order valence-corrected chi connectivity index (χ0v) is 15.4. The second-order valence-corrected chi connectivity index (χ2v) is 7.65. The van der Waals surface area contributed by atoms with Crippen LogP contribution in [0.5, 0.6) is 5.75 Å². The first-order chi connectivity index (χ1) is 13.0. The third-order valence-corrected chi connectivity index (χ3v) is 5.70. The summed E-state index contributed by atoms with van der Waals surface area (Å²) in [5.41, 5.74) is 1.11. The fourth-order valence-electron chi connectivity index (χ4n) is 2.54. The fourth-order valence-corrected chi connectivity index (χ4v) is 3.95. The van der Waals surface area contributed by atoms with Gasteiger partial charge in [0.25, 0.3) is 5.91 Å². The maximum atomic E-state index is 12.9. The van der Waals surface area contributed by atoms with E-state index in [2.05, 4.69) is 10.3 Å². The second-order valence-electron chi connectivity index (χ2n) is 5.73. The molecule has 3 aromatic rings. The molecule has 0 aliphatic heterocycles. The largest absolute Gasteiger partial charge is 0.495 e. The minimum absolute atomic E-state index is 0.0242. The Morgan fingerprint density at radius 1 is 1.04 bits per heavy atom. The number of carbonyl (C=O) groups excluding carboxylic acids is 1. The molecule has 27 heavy (non-hydrogen) atoms. The van der Waals surface area contributed by atoms with Crippen LogP contribution in [0.2, 0.25) is 0 Å². The van der Waals surface area contributed by atoms with Crippen LogP contribution < -0.4 is 10.1 Å². The van der Waals surface area contributed by atoms with Gasteiger partial charge in [-0.05, 0) is 23.8 Å². The highest BCUT2D eigenvalue weighted by atomic mass is 32.2. The molecule has 1 aromatic heterocycles. The van der Waals surface area contributed by atoms with E-state index in [0.717, 1.165) is 5.56 Å². The summed E-state index contributed by atoms with van der Waals surface area (Å²) in [5, 5.41) is 2.76. The molecule has 1 heterocycles. The molecule has 0 aliphatic rings. The smallest absolute Gasteiger partial charge is 0.253 e. The van der Waals surface area contributed by atoms with Gasteiger partial charge in [-0.2, -0.15) is 0 Å². The van der Waals surface area contributed by atoms with Crippen molar-refractivity contribution in [2.75, 3.05) is 7.11 Å². The molecule has 138 valence electrons. The Hall–Kier alpha value is -3.19. The van der Waals surface area contributed by atoms with E-state index in [4.69, 9.17) is 4.74 Å². The van der Waals surface area contributed by atoms with E-state index in [1.165, 1.54) is 31.6 Å². The quantitative estimate of drug-likeness (QED) is 0.709. The summed E-state index contributed by atoms with van der Waals surface area (Å²) in [6.07, 6.45) is 2.55. The monoisotopic (exact) mass is 382 g/mol. The molecule has 1 N–H and O–H groups in total. The molecular weight excluding hydrogens is 364 g/mol. The Labute approximate surface area is 157 Å². The number of ether oxygens (including phenoxy) is 1. The Morgan fingerprint density at radius 3 is 2.48 bits per heavy atom. The van der Waals surface area contributed by atoms with Crippen molar-refractivity contribution in [1.29, 1.82) is 0 Å². The van der Waals surface area contributed by atoms with E-state index in [-0.39, 0.29) is 21.1 Å². The Kier molecular flexibility index (Phi) is 5.52. The van der Waals surface area contributed by atoms with Crippen molar-refractivity contribution in [1.82, 2.24) is 10.3 Å². The van der Waals surface area contributed by atoms with Gasteiger partial charge >= 0.3 is 0 Å². The third-order valence-electron chi connectivity index (χ3n) is 3.94. The van der Waals surface area contributed by atoms with E-state index in [9.17, 15) is 13.2 Å². The van der Waals surface area contributed by atoms with Crippen LogP contribution in [0.4, 0.5) is 0 Å². The molecule has 0 bridgehead atoms. The zero-order chi connectivity index (χ0) is 19.3. The standard InChI is InChI=1S/C20H18N2O4S/c1-26-18-9-5-6-10-19(18)27(24,25)17-11-16(13-21-14-17)20(23)22-12-15-7-3-2-4-8-15/h2-11,13-14H,12H2,1H3,(H,22,23). The van der Waals surface area contributed by atoms with Crippen LogP contribution in [0.1, 0.15) is 15.9 Å². The molecule has 0 saturated carbocycles. The van der Waals surface area contributed by atoms with Crippen molar-refractivity contribution in [3.8, 4) is 5.75 Å². The highest BCUT2D eigenvalue weighted by Gasteiger charge is 2.23. The van der Waals surface area contributed by atoms with Crippen LogP contribution in [0.15, 0.2) is 82.8 Å². The fraction of sp³-hybridized carbons (Fsp3) is 0.100. The van der Waals surface area contributed by atoms with Crippen LogP contribution in [0.25, 0.3) is 0 Å². The first kappa shape index (κ1) is 18.6. The van der Waals surface area contributed by atoms with E-state index >= 15 is 0 Å². The third kappa shape index (κ3) is 4.15. The molecule has 0 aliphatic carbocycles. The number of nitrogens with zero attached hydrogens (tertiary/aromatic N) is 1. The van der Waals surface area contributed by atoms with Gasteiger partial charge in [-0.15, -0.1) is 0 Å². The lowest BCUT2D eigenvalue weighted by molar-refractivity contribution is 0.0950. The normalized spacial score (nSPS) is 11.0. The lowest BCUT2D eigenvalue weighted by Gasteiger charge is -2.10. The van der Waals surface area contributed by atoms with Crippen LogP contribution in [0, 0.1) is 0 Å². The van der Waals surface area contributed by atoms with Crippen LogP contribution in [0.3, 0.4) is 0 Å². The minimum atomic E-state index is -3.87. The number of methoxy groups -OCH3 is 1. The van der Waals surface area contributed by atoms with Crippen molar-refractivity contribution < 1.29 is 17.9 Å². The van der Waals surface area contributed by atoms with Crippen LogP contribution >= 0.6 is 0 Å². The van der Waals surface area contributed by atoms with E-state index in [1.54, 1.807) is 18.2 Å². The molecule has 0 atom stereocenters. The number of aromatic nitrogens is 1. The molecule has 2 aromatic carbocycles. The molecule has 0 spiro atoms. The number of para-hydroxylation sites is 1. The summed E-state index contributed by atoms with van der Waals surface area (Å²) in [7, 11) is -2.47. The Bertz CT molecular complexity index is 1050. The lowest BCUT2D eigenvalue weighted by Crippen LogP contribution is -2.23. The number of nitrogens with one attached hydrogen (secondary N) is 1. The first-order valence-corrected chi connectivity index (χ1v) is 9.66. The summed E-state index contributed by atoms with van der Waals surface area (Å²) in [5.74, 6) is -0.167. The van der Waals surface area contributed by atoms with Gasteiger partial charge in [0.2, 0.25) is 9.84 Å². The first-order valence-electron chi connectivity index (χ1n) is 8.17. The molecule has 7 heteroatoms. The maximum absolute atomic E-state index is 12.9. The predicted octanol–water partition coefficient (Wildman–Crippen LogP) is 2.85. The highest BCUT2D eigenvalue weighted by molar-refractivity contribution is 7.91. The van der Waals surface area contributed by atoms with Gasteiger partial charge < -0.3 is 10.1 Å². The van der Waals surface area contributed by atoms with Crippen molar-refractivity contribution in [3.63, 3.8) is 0 Å². The molecule has 6 nitrogen and oxygen atoms in total. The number of pyridine rings is 1. The second kappa shape index (κ2) is 8.01. The summed E-state index contributed by atoms with van der Waals surface area (Å²) in [6, 6.07) is 17.1. The van der Waals surface area contributed by atoms with Gasteiger partial charge in [0, 0.05) is 18.9 Å². The number of rotatable bonds is 6. The summed E-state index contributed by atoms with van der Waals surface area (Å²) >= 11 is 0. The van der Waals surface area contributed by atoms with E-state index in [0.29, 0.717) is 6.54 Å². The van der Waals surface area contributed by atoms with Crippen molar-refractivity contribution >= 4 is 15.7 Å². The highest BCUT2D eigenvalue weighted by Crippen LogP contribution is 2.28. The SMILES string of the molecule is COc1ccccc1S(=O)(=O)c1cncc(C(=O)NCc2ccccc2)c1. The lowest BCUT2D eigenvalue weighted by atomic mass is 10.2. The van der Waals surface area contributed by atoms with Gasteiger partial charge in [0.05, 0.1) is 17.6 Å². The van der Waals surface area contributed by atoms with E-state index in [1.807, 2.05) is 30.3 Å². The molecule has 3 rings (SSSR count). The average molecular weight is 382 g/mol. The molecule has 0 fully saturated rings. The number of hydrogen-bond acceptors (Lipinski definition) is 5. The Balaban J connectivity index is 1.85. The number of amides is 1. The number of benzene rings is 2. The van der Waals surface area contributed by atoms with Gasteiger partial charge in [-0.25, -0.2) is 8.42 Å². The molecule has 0 unspecified atom stereocenters. The van der Waals surface area contributed by atoms with Crippen LogP contribution in [-0.4, -0.2) is 26.4 Å². The number of sulfone groups is 1. The predicted molar refractivity (Wildman–Crippen MR) is 100 cm³/mol. The molecule has 1 amide bonds. The van der Waals surface area contributed by atoms with Gasteiger partial charge in [0.15, 0.2) is 0 Å². The summed E-state index contributed by atoms with van der Waals surface area (Å²) in [4.78, 5) is 16.3. The van der Waals surface area contributed by atoms with E-state index < -0.39 is 15.7 Å². The summed E-state index contributed by atoms with van der Waals surface area (Å²) < 4.78 is 31.0. The van der Waals surface area contributed by atoms with Gasteiger partial charge in [-0.1, -0.05) is 42.5 Å². The van der Waals surface area contributed by atoms with Gasteiger partial charge in [0.1, 0.15) is 10.6 Å². The maximum Gasteiger partial charge on any atom is 0.253 e. The van der Waals surface area contributed by atoms with Crippen molar-refractivity contribution in [2.24, 2.45) is 0 Å². The van der Waals surface area contributed by atoms with Crippen LogP contribution in [-0.2, 0) is 16.4 Å². The minimum Gasteiger partial charge on any atom is -0.495 e. The number of carbonyl (C=O) groups is 1. The Morgan fingerprint density at radius 2 is 1.74 bits per heavy atom. The average Bonchev–Trinajstić information content (AvgIpc) is 2.72. The number of hydrogen-bond donors (Lipinski definition) is 1.